The summed E-state index contributed by atoms with van der Waals surface area (Å²) >= 11 is 11.9. The molecule has 2 aromatic rings. The monoisotopic (exact) mass is 366 g/mol. The summed E-state index contributed by atoms with van der Waals surface area (Å²) in [7, 11) is 1.62. The van der Waals surface area contributed by atoms with Gasteiger partial charge in [-0.25, -0.2) is 0 Å². The van der Waals surface area contributed by atoms with Gasteiger partial charge in [0.15, 0.2) is 0 Å². The van der Waals surface area contributed by atoms with Crippen molar-refractivity contribution in [1.29, 1.82) is 0 Å². The molecule has 2 aromatic carbocycles. The zero-order chi connectivity index (χ0) is 17.5. The molecule has 0 fully saturated rings. The van der Waals surface area contributed by atoms with Crippen molar-refractivity contribution in [3.63, 3.8) is 0 Å². The highest BCUT2D eigenvalue weighted by atomic mass is 35.5. The first-order valence-electron chi connectivity index (χ1n) is 7.51. The fraction of sp³-hybridized carbons (Fsp3) is 0.278. The Labute approximate surface area is 152 Å². The summed E-state index contributed by atoms with van der Waals surface area (Å²) < 4.78 is 11.0. The summed E-state index contributed by atoms with van der Waals surface area (Å²) in [6.07, 6.45) is 0.410. The normalized spacial score (nSPS) is 12.8. The van der Waals surface area contributed by atoms with Crippen LogP contribution in [0.1, 0.15) is 12.5 Å². The minimum atomic E-state index is -0.107. The third kappa shape index (κ3) is 5.62. The van der Waals surface area contributed by atoms with E-state index >= 15 is 0 Å². The van der Waals surface area contributed by atoms with Crippen LogP contribution in [0.5, 0.6) is 11.5 Å². The van der Waals surface area contributed by atoms with Gasteiger partial charge in [-0.3, -0.25) is 4.99 Å². The van der Waals surface area contributed by atoms with Crippen molar-refractivity contribution in [2.45, 2.75) is 19.4 Å². The highest BCUT2D eigenvalue weighted by Crippen LogP contribution is 2.23. The van der Waals surface area contributed by atoms with E-state index in [0.717, 1.165) is 17.1 Å². The summed E-state index contributed by atoms with van der Waals surface area (Å²) in [6.45, 7) is 2.40. The number of halogens is 2. The molecule has 0 saturated heterocycles. The SMILES string of the molecule is COc1cccc(OC(C)CN=C(N)Cc2ccc(Cl)c(Cl)c2)c1. The molecular weight excluding hydrogens is 347 g/mol. The Morgan fingerprint density at radius 1 is 1.12 bits per heavy atom. The lowest BCUT2D eigenvalue weighted by Crippen LogP contribution is -2.21. The van der Waals surface area contributed by atoms with Gasteiger partial charge in [0.1, 0.15) is 17.6 Å². The molecular formula is C18H20Cl2N2O2. The molecule has 0 aliphatic carbocycles. The molecule has 0 amide bonds. The van der Waals surface area contributed by atoms with Crippen LogP contribution in [0.3, 0.4) is 0 Å². The number of nitrogens with zero attached hydrogens (tertiary/aromatic N) is 1. The lowest BCUT2D eigenvalue weighted by Gasteiger charge is -2.13. The molecule has 128 valence electrons. The molecule has 0 aromatic heterocycles. The topological polar surface area (TPSA) is 56.8 Å². The fourth-order valence-electron chi connectivity index (χ4n) is 2.10. The summed E-state index contributed by atoms with van der Waals surface area (Å²) in [5.41, 5.74) is 6.94. The largest absolute Gasteiger partial charge is 0.497 e. The molecule has 0 heterocycles. The molecule has 0 spiro atoms. The van der Waals surface area contributed by atoms with E-state index in [1.807, 2.05) is 37.3 Å². The van der Waals surface area contributed by atoms with Crippen LogP contribution in [-0.2, 0) is 6.42 Å². The predicted octanol–water partition coefficient (Wildman–Crippen LogP) is 4.37. The fourth-order valence-corrected chi connectivity index (χ4v) is 2.43. The third-order valence-corrected chi connectivity index (χ3v) is 4.04. The van der Waals surface area contributed by atoms with Crippen molar-refractivity contribution in [1.82, 2.24) is 0 Å². The molecule has 0 bridgehead atoms. The number of benzene rings is 2. The number of rotatable bonds is 7. The first-order valence-corrected chi connectivity index (χ1v) is 8.27. The standard InChI is InChI=1S/C18H20Cl2N2O2/c1-12(24-15-5-3-4-14(10-15)23-2)11-22-18(21)9-13-6-7-16(19)17(20)8-13/h3-8,10,12H,9,11H2,1-2H3,(H2,21,22). The van der Waals surface area contributed by atoms with Gasteiger partial charge in [-0.15, -0.1) is 0 Å². The second-order valence-corrected chi connectivity index (χ2v) is 6.18. The number of hydrogen-bond acceptors (Lipinski definition) is 3. The zero-order valence-corrected chi connectivity index (χ0v) is 15.1. The summed E-state index contributed by atoms with van der Waals surface area (Å²) in [5.74, 6) is 2.01. The van der Waals surface area contributed by atoms with Gasteiger partial charge < -0.3 is 15.2 Å². The van der Waals surface area contributed by atoms with Crippen molar-refractivity contribution >= 4 is 29.0 Å². The van der Waals surface area contributed by atoms with Crippen LogP contribution in [0.25, 0.3) is 0 Å². The molecule has 1 unspecified atom stereocenters. The van der Waals surface area contributed by atoms with Crippen LogP contribution >= 0.6 is 23.2 Å². The van der Waals surface area contributed by atoms with Gasteiger partial charge in [0.05, 0.1) is 29.5 Å². The Morgan fingerprint density at radius 2 is 1.88 bits per heavy atom. The first-order chi connectivity index (χ1) is 11.5. The predicted molar refractivity (Wildman–Crippen MR) is 99.7 cm³/mol. The second kappa shape index (κ2) is 8.81. The summed E-state index contributed by atoms with van der Waals surface area (Å²) in [5, 5.41) is 1.04. The Morgan fingerprint density at radius 3 is 2.58 bits per heavy atom. The molecule has 2 rings (SSSR count). The Balaban J connectivity index is 1.89. The molecule has 0 aliphatic heterocycles. The Kier molecular flexibility index (Phi) is 6.76. The first kappa shape index (κ1) is 18.4. The number of amidine groups is 1. The van der Waals surface area contributed by atoms with Crippen LogP contribution in [-0.4, -0.2) is 25.6 Å². The maximum atomic E-state index is 6.00. The van der Waals surface area contributed by atoms with Gasteiger partial charge in [-0.1, -0.05) is 35.3 Å². The Bertz CT molecular complexity index is 720. The van der Waals surface area contributed by atoms with Crippen molar-refractivity contribution in [3.05, 3.63) is 58.1 Å². The quantitative estimate of drug-likeness (QED) is 0.584. The molecule has 24 heavy (non-hydrogen) atoms. The van der Waals surface area contributed by atoms with E-state index in [4.69, 9.17) is 38.4 Å². The molecule has 6 heteroatoms. The van der Waals surface area contributed by atoms with Crippen molar-refractivity contribution in [2.75, 3.05) is 13.7 Å². The number of hydrogen-bond donors (Lipinski definition) is 1. The Hall–Kier alpha value is -1.91. The molecule has 2 N–H and O–H groups in total. The van der Waals surface area contributed by atoms with E-state index in [1.54, 1.807) is 19.2 Å². The lowest BCUT2D eigenvalue weighted by atomic mass is 10.1. The van der Waals surface area contributed by atoms with Crippen LogP contribution in [0.15, 0.2) is 47.5 Å². The van der Waals surface area contributed by atoms with E-state index < -0.39 is 0 Å². The van der Waals surface area contributed by atoms with E-state index in [2.05, 4.69) is 4.99 Å². The van der Waals surface area contributed by atoms with Gasteiger partial charge >= 0.3 is 0 Å². The van der Waals surface area contributed by atoms with E-state index in [1.165, 1.54) is 0 Å². The maximum Gasteiger partial charge on any atom is 0.123 e. The smallest absolute Gasteiger partial charge is 0.123 e. The number of aliphatic imine (C=N–C) groups is 1. The molecule has 0 radical (unpaired) electrons. The van der Waals surface area contributed by atoms with Crippen LogP contribution < -0.4 is 15.2 Å². The molecule has 0 saturated carbocycles. The molecule has 0 aliphatic rings. The average Bonchev–Trinajstić information content (AvgIpc) is 2.56. The number of methoxy groups -OCH3 is 1. The number of ether oxygens (including phenoxy) is 2. The van der Waals surface area contributed by atoms with Gasteiger partial charge in [-0.05, 0) is 36.8 Å². The van der Waals surface area contributed by atoms with Crippen LogP contribution in [0.4, 0.5) is 0 Å². The van der Waals surface area contributed by atoms with Gasteiger partial charge in [-0.2, -0.15) is 0 Å². The van der Waals surface area contributed by atoms with E-state index in [0.29, 0.717) is 28.8 Å². The van der Waals surface area contributed by atoms with E-state index in [9.17, 15) is 0 Å². The highest BCUT2D eigenvalue weighted by Gasteiger charge is 2.06. The minimum absolute atomic E-state index is 0.107. The highest BCUT2D eigenvalue weighted by molar-refractivity contribution is 6.42. The maximum absolute atomic E-state index is 6.00. The zero-order valence-electron chi connectivity index (χ0n) is 13.6. The van der Waals surface area contributed by atoms with Gasteiger partial charge in [0.2, 0.25) is 0 Å². The third-order valence-electron chi connectivity index (χ3n) is 3.30. The lowest BCUT2D eigenvalue weighted by molar-refractivity contribution is 0.229. The van der Waals surface area contributed by atoms with Gasteiger partial charge in [0, 0.05) is 12.5 Å². The number of nitrogens with two attached hydrogens (primary N) is 1. The van der Waals surface area contributed by atoms with E-state index in [-0.39, 0.29) is 6.10 Å². The van der Waals surface area contributed by atoms with Crippen LogP contribution in [0, 0.1) is 0 Å². The average molecular weight is 367 g/mol. The molecule has 1 atom stereocenters. The van der Waals surface area contributed by atoms with Crippen molar-refractivity contribution in [2.24, 2.45) is 10.7 Å². The summed E-state index contributed by atoms with van der Waals surface area (Å²) in [4.78, 5) is 4.37. The minimum Gasteiger partial charge on any atom is -0.497 e. The van der Waals surface area contributed by atoms with Crippen LogP contribution in [0.2, 0.25) is 10.0 Å². The van der Waals surface area contributed by atoms with Gasteiger partial charge in [0.25, 0.3) is 0 Å². The second-order valence-electron chi connectivity index (χ2n) is 5.36. The molecule has 4 nitrogen and oxygen atoms in total. The summed E-state index contributed by atoms with van der Waals surface area (Å²) in [6, 6.07) is 12.9. The van der Waals surface area contributed by atoms with Crippen molar-refractivity contribution < 1.29 is 9.47 Å². The van der Waals surface area contributed by atoms with Crippen molar-refractivity contribution in [3.8, 4) is 11.5 Å².